The number of thioether (sulfide) groups is 1. The molecule has 0 saturated carbocycles. The highest BCUT2D eigenvalue weighted by atomic mass is 35.5. The van der Waals surface area contributed by atoms with Crippen molar-refractivity contribution in [2.24, 2.45) is 13.0 Å². The normalized spacial score (nSPS) is 24.1. The number of aryl methyl sites for hydroxylation is 1. The second kappa shape index (κ2) is 4.13. The van der Waals surface area contributed by atoms with Crippen molar-refractivity contribution in [3.05, 3.63) is 16.9 Å². The lowest BCUT2D eigenvalue weighted by atomic mass is 9.99. The van der Waals surface area contributed by atoms with Crippen LogP contribution in [-0.4, -0.2) is 26.4 Å². The molecule has 0 bridgehead atoms. The molecular weight excluding hydrogens is 220 g/mol. The smallest absolute Gasteiger partial charge is 0.101 e. The van der Waals surface area contributed by atoms with Crippen molar-refractivity contribution >= 4 is 23.4 Å². The number of aromatic nitrogens is 2. The van der Waals surface area contributed by atoms with E-state index in [1.807, 2.05) is 18.8 Å². The van der Waals surface area contributed by atoms with E-state index < -0.39 is 6.10 Å². The molecule has 78 valence electrons. The summed E-state index contributed by atoms with van der Waals surface area (Å²) in [4.78, 5) is 0. The Bertz CT molecular complexity index is 303. The van der Waals surface area contributed by atoms with Crippen LogP contribution in [0.15, 0.2) is 6.20 Å². The fourth-order valence-corrected chi connectivity index (χ4v) is 3.34. The standard InChI is InChI=1S/C9H13ClN2OS/c1-12-8(7(10)4-11-12)9(13)6-2-3-14-5-6/h4,6,9,13H,2-3,5H2,1H3. The molecule has 0 radical (unpaired) electrons. The minimum atomic E-state index is -0.468. The number of rotatable bonds is 2. The van der Waals surface area contributed by atoms with Gasteiger partial charge in [-0.15, -0.1) is 0 Å². The number of halogens is 1. The molecule has 14 heavy (non-hydrogen) atoms. The molecule has 1 aliphatic heterocycles. The molecule has 5 heteroatoms. The summed E-state index contributed by atoms with van der Waals surface area (Å²) >= 11 is 7.85. The van der Waals surface area contributed by atoms with Crippen LogP contribution in [0.2, 0.25) is 5.02 Å². The molecule has 1 saturated heterocycles. The van der Waals surface area contributed by atoms with Gasteiger partial charge in [-0.2, -0.15) is 16.9 Å². The molecule has 0 spiro atoms. The van der Waals surface area contributed by atoms with E-state index >= 15 is 0 Å². The summed E-state index contributed by atoms with van der Waals surface area (Å²) in [6.45, 7) is 0. The van der Waals surface area contributed by atoms with Gasteiger partial charge in [-0.25, -0.2) is 0 Å². The van der Waals surface area contributed by atoms with E-state index in [2.05, 4.69) is 5.10 Å². The Hall–Kier alpha value is -0.190. The number of hydrogen-bond donors (Lipinski definition) is 1. The summed E-state index contributed by atoms with van der Waals surface area (Å²) in [6.07, 6.45) is 2.18. The number of nitrogens with zero attached hydrogens (tertiary/aromatic N) is 2. The summed E-state index contributed by atoms with van der Waals surface area (Å²) in [6, 6.07) is 0. The van der Waals surface area contributed by atoms with Gasteiger partial charge in [0.2, 0.25) is 0 Å². The van der Waals surface area contributed by atoms with Crippen LogP contribution >= 0.6 is 23.4 Å². The summed E-state index contributed by atoms with van der Waals surface area (Å²) < 4.78 is 1.66. The maximum atomic E-state index is 10.1. The predicted molar refractivity (Wildman–Crippen MR) is 58.6 cm³/mol. The highest BCUT2D eigenvalue weighted by Gasteiger charge is 2.28. The minimum Gasteiger partial charge on any atom is -0.386 e. The first-order valence-corrected chi connectivity index (χ1v) is 6.16. The number of aliphatic hydroxyl groups excluding tert-OH is 1. The Balaban J connectivity index is 2.21. The van der Waals surface area contributed by atoms with E-state index in [1.165, 1.54) is 0 Å². The van der Waals surface area contributed by atoms with Crippen LogP contribution in [0.4, 0.5) is 0 Å². The van der Waals surface area contributed by atoms with Crippen LogP contribution in [0.25, 0.3) is 0 Å². The highest BCUT2D eigenvalue weighted by Crippen LogP contribution is 2.36. The zero-order chi connectivity index (χ0) is 10.1. The molecule has 0 amide bonds. The van der Waals surface area contributed by atoms with E-state index in [0.29, 0.717) is 10.9 Å². The van der Waals surface area contributed by atoms with E-state index in [-0.39, 0.29) is 0 Å². The zero-order valence-electron chi connectivity index (χ0n) is 7.98. The Morgan fingerprint density at radius 2 is 2.57 bits per heavy atom. The van der Waals surface area contributed by atoms with E-state index in [0.717, 1.165) is 23.6 Å². The molecule has 0 aromatic carbocycles. The molecule has 2 rings (SSSR count). The molecule has 1 fully saturated rings. The second-order valence-electron chi connectivity index (χ2n) is 3.57. The van der Waals surface area contributed by atoms with Crippen molar-refractivity contribution in [2.75, 3.05) is 11.5 Å². The van der Waals surface area contributed by atoms with Gasteiger partial charge in [0.05, 0.1) is 16.9 Å². The Morgan fingerprint density at radius 3 is 3.07 bits per heavy atom. The SMILES string of the molecule is Cn1ncc(Cl)c1C(O)C1CCSC1. The molecule has 1 N–H and O–H groups in total. The van der Waals surface area contributed by atoms with Gasteiger partial charge in [0.1, 0.15) is 6.10 Å². The van der Waals surface area contributed by atoms with Crippen LogP contribution in [0, 0.1) is 5.92 Å². The van der Waals surface area contributed by atoms with Crippen molar-refractivity contribution in [1.29, 1.82) is 0 Å². The lowest BCUT2D eigenvalue weighted by Gasteiger charge is -2.17. The monoisotopic (exact) mass is 232 g/mol. The Labute approximate surface area is 92.4 Å². The van der Waals surface area contributed by atoms with Gasteiger partial charge in [0.25, 0.3) is 0 Å². The first kappa shape index (κ1) is 10.3. The maximum Gasteiger partial charge on any atom is 0.101 e. The molecule has 2 atom stereocenters. The van der Waals surface area contributed by atoms with Crippen LogP contribution in [0.3, 0.4) is 0 Å². The van der Waals surface area contributed by atoms with Crippen molar-refractivity contribution in [3.63, 3.8) is 0 Å². The van der Waals surface area contributed by atoms with Crippen molar-refractivity contribution in [3.8, 4) is 0 Å². The summed E-state index contributed by atoms with van der Waals surface area (Å²) in [5.41, 5.74) is 0.749. The van der Waals surface area contributed by atoms with Gasteiger partial charge >= 0.3 is 0 Å². The minimum absolute atomic E-state index is 0.327. The lowest BCUT2D eigenvalue weighted by Crippen LogP contribution is -2.15. The molecular formula is C9H13ClN2OS. The van der Waals surface area contributed by atoms with Crippen molar-refractivity contribution in [1.82, 2.24) is 9.78 Å². The number of hydrogen-bond acceptors (Lipinski definition) is 3. The molecule has 1 aromatic rings. The van der Waals surface area contributed by atoms with E-state index in [1.54, 1.807) is 10.9 Å². The third-order valence-electron chi connectivity index (χ3n) is 2.63. The zero-order valence-corrected chi connectivity index (χ0v) is 9.55. The van der Waals surface area contributed by atoms with Crippen molar-refractivity contribution in [2.45, 2.75) is 12.5 Å². The summed E-state index contributed by atoms with van der Waals surface area (Å²) in [5, 5.41) is 14.7. The molecule has 2 heterocycles. The van der Waals surface area contributed by atoms with Gasteiger partial charge in [-0.3, -0.25) is 4.68 Å². The fourth-order valence-electron chi connectivity index (χ4n) is 1.78. The van der Waals surface area contributed by atoms with Gasteiger partial charge in [0, 0.05) is 13.0 Å². The fraction of sp³-hybridized carbons (Fsp3) is 0.667. The third-order valence-corrected chi connectivity index (χ3v) is 4.11. The summed E-state index contributed by atoms with van der Waals surface area (Å²) in [7, 11) is 1.81. The lowest BCUT2D eigenvalue weighted by molar-refractivity contribution is 0.113. The molecule has 1 aliphatic rings. The van der Waals surface area contributed by atoms with Gasteiger partial charge in [-0.05, 0) is 17.9 Å². The van der Waals surface area contributed by atoms with Crippen LogP contribution < -0.4 is 0 Å². The van der Waals surface area contributed by atoms with E-state index in [4.69, 9.17) is 11.6 Å². The Morgan fingerprint density at radius 1 is 1.79 bits per heavy atom. The molecule has 0 aliphatic carbocycles. The first-order chi connectivity index (χ1) is 6.70. The van der Waals surface area contributed by atoms with Crippen LogP contribution in [0.1, 0.15) is 18.2 Å². The quantitative estimate of drug-likeness (QED) is 0.846. The van der Waals surface area contributed by atoms with Gasteiger partial charge in [0.15, 0.2) is 0 Å². The van der Waals surface area contributed by atoms with Crippen LogP contribution in [-0.2, 0) is 7.05 Å². The maximum absolute atomic E-state index is 10.1. The average molecular weight is 233 g/mol. The summed E-state index contributed by atoms with van der Waals surface area (Å²) in [5.74, 6) is 2.48. The third kappa shape index (κ3) is 1.78. The van der Waals surface area contributed by atoms with Crippen LogP contribution in [0.5, 0.6) is 0 Å². The van der Waals surface area contributed by atoms with Gasteiger partial charge < -0.3 is 5.11 Å². The second-order valence-corrected chi connectivity index (χ2v) is 5.13. The topological polar surface area (TPSA) is 38.0 Å². The average Bonchev–Trinajstić information content (AvgIpc) is 2.75. The van der Waals surface area contributed by atoms with Crippen molar-refractivity contribution < 1.29 is 5.11 Å². The molecule has 1 aromatic heterocycles. The molecule has 2 unspecified atom stereocenters. The molecule has 3 nitrogen and oxygen atoms in total. The van der Waals surface area contributed by atoms with Gasteiger partial charge in [-0.1, -0.05) is 11.6 Å². The first-order valence-electron chi connectivity index (χ1n) is 4.63. The Kier molecular flexibility index (Phi) is 3.04. The highest BCUT2D eigenvalue weighted by molar-refractivity contribution is 7.99. The predicted octanol–water partition coefficient (Wildman–Crippen LogP) is 1.86. The largest absolute Gasteiger partial charge is 0.386 e. The van der Waals surface area contributed by atoms with E-state index in [9.17, 15) is 5.11 Å². The number of aliphatic hydroxyl groups is 1.